The van der Waals surface area contributed by atoms with E-state index < -0.39 is 6.10 Å². The van der Waals surface area contributed by atoms with Crippen LogP contribution in [0.25, 0.3) is 0 Å². The molecule has 2 aromatic rings. The topological polar surface area (TPSA) is 33.1 Å². The van der Waals surface area contributed by atoms with E-state index >= 15 is 0 Å². The van der Waals surface area contributed by atoms with Crippen molar-refractivity contribution in [1.82, 2.24) is 4.98 Å². The highest BCUT2D eigenvalue weighted by Gasteiger charge is 2.16. The number of aromatic nitrogens is 1. The molecular formula is C11H11BrClNOS2. The van der Waals surface area contributed by atoms with Crippen molar-refractivity contribution in [3.8, 4) is 0 Å². The van der Waals surface area contributed by atoms with Crippen LogP contribution in [0.1, 0.15) is 26.6 Å². The number of hydrogen-bond donors (Lipinski definition) is 1. The highest BCUT2D eigenvalue weighted by atomic mass is 79.9. The van der Waals surface area contributed by atoms with Crippen LogP contribution in [-0.2, 0) is 6.42 Å². The maximum absolute atomic E-state index is 10.1. The Labute approximate surface area is 121 Å². The Morgan fingerprint density at radius 2 is 2.18 bits per heavy atom. The molecule has 0 aliphatic carbocycles. The van der Waals surface area contributed by atoms with Gasteiger partial charge >= 0.3 is 0 Å². The Kier molecular flexibility index (Phi) is 4.26. The van der Waals surface area contributed by atoms with Gasteiger partial charge in [0.05, 0.1) is 16.8 Å². The van der Waals surface area contributed by atoms with E-state index in [1.165, 1.54) is 16.2 Å². The molecule has 0 amide bonds. The number of nitrogens with zero attached hydrogens (tertiary/aromatic N) is 1. The minimum absolute atomic E-state index is 0.534. The van der Waals surface area contributed by atoms with Crippen LogP contribution in [0.5, 0.6) is 0 Å². The lowest BCUT2D eigenvalue weighted by Crippen LogP contribution is -1.99. The van der Waals surface area contributed by atoms with E-state index in [0.717, 1.165) is 20.1 Å². The minimum atomic E-state index is -0.534. The van der Waals surface area contributed by atoms with Gasteiger partial charge in [0.25, 0.3) is 0 Å². The van der Waals surface area contributed by atoms with Crippen molar-refractivity contribution in [3.63, 3.8) is 0 Å². The maximum Gasteiger partial charge on any atom is 0.107 e. The molecule has 1 unspecified atom stereocenters. The molecular weight excluding hydrogens is 342 g/mol. The van der Waals surface area contributed by atoms with E-state index in [2.05, 4.69) is 20.9 Å². The normalized spacial score (nSPS) is 13.0. The van der Waals surface area contributed by atoms with Gasteiger partial charge in [0, 0.05) is 20.6 Å². The highest BCUT2D eigenvalue weighted by molar-refractivity contribution is 9.10. The third-order valence-corrected chi connectivity index (χ3v) is 6.10. The van der Waals surface area contributed by atoms with Crippen LogP contribution < -0.4 is 0 Å². The summed E-state index contributed by atoms with van der Waals surface area (Å²) in [4.78, 5) is 6.50. The fourth-order valence-electron chi connectivity index (χ4n) is 1.42. The number of halogens is 2. The second-order valence-electron chi connectivity index (χ2n) is 3.74. The fourth-order valence-corrected chi connectivity index (χ4v) is 4.11. The molecule has 2 aromatic heterocycles. The summed E-state index contributed by atoms with van der Waals surface area (Å²) >= 11 is 12.3. The minimum Gasteiger partial charge on any atom is -0.387 e. The predicted octanol–water partition coefficient (Wildman–Crippen LogP) is 4.51. The molecule has 6 heteroatoms. The fraction of sp³-hybridized carbons (Fsp3) is 0.364. The molecule has 17 heavy (non-hydrogen) atoms. The summed E-state index contributed by atoms with van der Waals surface area (Å²) in [6.07, 6.45) is 0.0107. The highest BCUT2D eigenvalue weighted by Crippen LogP contribution is 2.36. The van der Waals surface area contributed by atoms with E-state index in [4.69, 9.17) is 11.6 Å². The zero-order valence-corrected chi connectivity index (χ0v) is 13.3. The van der Waals surface area contributed by atoms with E-state index in [0.29, 0.717) is 10.8 Å². The molecule has 0 bridgehead atoms. The van der Waals surface area contributed by atoms with Crippen molar-refractivity contribution in [2.24, 2.45) is 0 Å². The summed E-state index contributed by atoms with van der Waals surface area (Å²) in [6, 6.07) is 1.87. The van der Waals surface area contributed by atoms with Crippen LogP contribution in [-0.4, -0.2) is 10.1 Å². The standard InChI is InChI=1S/C11H11BrClNOS2/c1-5-6(2)16-10(14-5)4-8(15)9-3-7(12)11(13)17-9/h3,8,15H,4H2,1-2H3. The predicted molar refractivity (Wildman–Crippen MR) is 77.3 cm³/mol. The van der Waals surface area contributed by atoms with Gasteiger partial charge in [-0.05, 0) is 35.8 Å². The van der Waals surface area contributed by atoms with Crippen molar-refractivity contribution in [2.75, 3.05) is 0 Å². The number of rotatable bonds is 3. The van der Waals surface area contributed by atoms with Crippen molar-refractivity contribution in [3.05, 3.63) is 35.3 Å². The molecule has 0 aromatic carbocycles. The number of thiophene rings is 1. The van der Waals surface area contributed by atoms with Gasteiger partial charge in [-0.3, -0.25) is 0 Å². The van der Waals surface area contributed by atoms with Crippen molar-refractivity contribution < 1.29 is 5.11 Å². The van der Waals surface area contributed by atoms with Crippen LogP contribution in [0.3, 0.4) is 0 Å². The lowest BCUT2D eigenvalue weighted by Gasteiger charge is -2.04. The van der Waals surface area contributed by atoms with E-state index in [1.54, 1.807) is 11.3 Å². The van der Waals surface area contributed by atoms with Crippen LogP contribution in [0.4, 0.5) is 0 Å². The first kappa shape index (κ1) is 13.5. The zero-order chi connectivity index (χ0) is 12.6. The summed E-state index contributed by atoms with van der Waals surface area (Å²) in [7, 11) is 0. The molecule has 92 valence electrons. The number of thiazole rings is 1. The molecule has 2 rings (SSSR count). The Hall–Kier alpha value is 0.0600. The van der Waals surface area contributed by atoms with Crippen LogP contribution in [0, 0.1) is 13.8 Å². The third kappa shape index (κ3) is 3.09. The first-order valence-electron chi connectivity index (χ1n) is 5.03. The molecule has 0 aliphatic rings. The Morgan fingerprint density at radius 1 is 1.47 bits per heavy atom. The van der Waals surface area contributed by atoms with Gasteiger partial charge in [0.2, 0.25) is 0 Å². The van der Waals surface area contributed by atoms with Gasteiger partial charge in [0.1, 0.15) is 4.34 Å². The number of aliphatic hydroxyl groups is 1. The van der Waals surface area contributed by atoms with Crippen LogP contribution >= 0.6 is 50.2 Å². The average molecular weight is 353 g/mol. The molecule has 0 aliphatic heterocycles. The second-order valence-corrected chi connectivity index (χ2v) is 7.57. The summed E-state index contributed by atoms with van der Waals surface area (Å²) < 4.78 is 1.51. The monoisotopic (exact) mass is 351 g/mol. The summed E-state index contributed by atoms with van der Waals surface area (Å²) in [6.45, 7) is 4.03. The van der Waals surface area contributed by atoms with Gasteiger partial charge in [-0.1, -0.05) is 11.6 Å². The summed E-state index contributed by atoms with van der Waals surface area (Å²) in [5.74, 6) is 0. The molecule has 1 atom stereocenters. The SMILES string of the molecule is Cc1nc(CC(O)c2cc(Br)c(Cl)s2)sc1C. The van der Waals surface area contributed by atoms with Gasteiger partial charge < -0.3 is 5.11 Å². The Balaban J connectivity index is 2.13. The molecule has 0 spiro atoms. The second kappa shape index (κ2) is 5.36. The van der Waals surface area contributed by atoms with Gasteiger partial charge in [0.15, 0.2) is 0 Å². The van der Waals surface area contributed by atoms with Crippen molar-refractivity contribution in [2.45, 2.75) is 26.4 Å². The number of aliphatic hydroxyl groups excluding tert-OH is 1. The molecule has 0 radical (unpaired) electrons. The van der Waals surface area contributed by atoms with Gasteiger partial charge in [-0.2, -0.15) is 0 Å². The van der Waals surface area contributed by atoms with Gasteiger partial charge in [-0.15, -0.1) is 22.7 Å². The lowest BCUT2D eigenvalue weighted by atomic mass is 10.2. The Bertz CT molecular complexity index is 499. The molecule has 1 N–H and O–H groups in total. The first-order valence-corrected chi connectivity index (χ1v) is 7.83. The van der Waals surface area contributed by atoms with Crippen LogP contribution in [0.15, 0.2) is 10.5 Å². The maximum atomic E-state index is 10.1. The van der Waals surface area contributed by atoms with E-state index in [-0.39, 0.29) is 0 Å². The van der Waals surface area contributed by atoms with Crippen LogP contribution in [0.2, 0.25) is 4.34 Å². The van der Waals surface area contributed by atoms with E-state index in [9.17, 15) is 5.11 Å². The largest absolute Gasteiger partial charge is 0.387 e. The molecule has 0 fully saturated rings. The third-order valence-electron chi connectivity index (χ3n) is 2.43. The van der Waals surface area contributed by atoms with Crippen molar-refractivity contribution >= 4 is 50.2 Å². The van der Waals surface area contributed by atoms with Gasteiger partial charge in [-0.25, -0.2) is 4.98 Å². The average Bonchev–Trinajstić information content (AvgIpc) is 2.73. The summed E-state index contributed by atoms with van der Waals surface area (Å²) in [5.41, 5.74) is 1.04. The number of hydrogen-bond acceptors (Lipinski definition) is 4. The van der Waals surface area contributed by atoms with Crippen molar-refractivity contribution in [1.29, 1.82) is 0 Å². The molecule has 2 heterocycles. The quantitative estimate of drug-likeness (QED) is 0.881. The molecule has 0 saturated carbocycles. The summed E-state index contributed by atoms with van der Waals surface area (Å²) in [5, 5.41) is 11.1. The number of aryl methyl sites for hydroxylation is 2. The molecule has 0 saturated heterocycles. The zero-order valence-electron chi connectivity index (χ0n) is 9.33. The Morgan fingerprint density at radius 3 is 2.65 bits per heavy atom. The molecule has 2 nitrogen and oxygen atoms in total. The smallest absolute Gasteiger partial charge is 0.107 e. The van der Waals surface area contributed by atoms with E-state index in [1.807, 2.05) is 19.9 Å². The first-order chi connectivity index (χ1) is 7.97. The lowest BCUT2D eigenvalue weighted by molar-refractivity contribution is 0.182.